The van der Waals surface area contributed by atoms with Gasteiger partial charge in [-0.3, -0.25) is 9.59 Å². The van der Waals surface area contributed by atoms with Gasteiger partial charge in [-0.15, -0.1) is 0 Å². The molecule has 29 heavy (non-hydrogen) atoms. The number of carbonyl (C=O) groups is 2. The van der Waals surface area contributed by atoms with Crippen LogP contribution in [0.4, 0.5) is 0 Å². The largest absolute Gasteiger partial charge is 0.484 e. The van der Waals surface area contributed by atoms with Crippen LogP contribution in [0.2, 0.25) is 5.02 Å². The molecule has 0 aliphatic heterocycles. The summed E-state index contributed by atoms with van der Waals surface area (Å²) < 4.78 is 5.62. The molecule has 2 aromatic carbocycles. The second-order valence-corrected chi connectivity index (χ2v) is 7.62. The number of halogens is 1. The van der Waals surface area contributed by atoms with E-state index in [1.54, 1.807) is 36.1 Å². The molecule has 0 bridgehead atoms. The SMILES string of the molecule is CC[C@H](C)NC(=O)[C@H](C)N(Cc1ccccc1C)C(=O)COc1cccc(Cl)c1. The average Bonchev–Trinajstić information content (AvgIpc) is 2.70. The highest BCUT2D eigenvalue weighted by molar-refractivity contribution is 6.30. The number of rotatable bonds is 9. The van der Waals surface area contributed by atoms with Crippen molar-refractivity contribution >= 4 is 23.4 Å². The van der Waals surface area contributed by atoms with Crippen LogP contribution < -0.4 is 10.1 Å². The van der Waals surface area contributed by atoms with Crippen molar-refractivity contribution in [3.8, 4) is 5.75 Å². The Kier molecular flexibility index (Phi) is 8.52. The molecule has 156 valence electrons. The highest BCUT2D eigenvalue weighted by Crippen LogP contribution is 2.18. The zero-order valence-corrected chi connectivity index (χ0v) is 18.2. The number of aryl methyl sites for hydroxylation is 1. The van der Waals surface area contributed by atoms with Gasteiger partial charge in [-0.25, -0.2) is 0 Å². The van der Waals surface area contributed by atoms with Crippen LogP contribution in [0.5, 0.6) is 5.75 Å². The van der Waals surface area contributed by atoms with Crippen molar-refractivity contribution in [3.63, 3.8) is 0 Å². The molecule has 0 unspecified atom stereocenters. The molecular formula is C23H29ClN2O3. The van der Waals surface area contributed by atoms with Gasteiger partial charge in [0, 0.05) is 17.6 Å². The van der Waals surface area contributed by atoms with Crippen LogP contribution in [-0.4, -0.2) is 35.4 Å². The van der Waals surface area contributed by atoms with Crippen molar-refractivity contribution in [2.75, 3.05) is 6.61 Å². The topological polar surface area (TPSA) is 58.6 Å². The van der Waals surface area contributed by atoms with Crippen LogP contribution >= 0.6 is 11.6 Å². The Morgan fingerprint density at radius 3 is 2.52 bits per heavy atom. The van der Waals surface area contributed by atoms with E-state index < -0.39 is 6.04 Å². The number of hydrogen-bond acceptors (Lipinski definition) is 3. The molecule has 0 saturated carbocycles. The van der Waals surface area contributed by atoms with Gasteiger partial charge in [0.1, 0.15) is 11.8 Å². The van der Waals surface area contributed by atoms with Crippen LogP contribution in [0.1, 0.15) is 38.3 Å². The molecular weight excluding hydrogens is 388 g/mol. The molecule has 5 nitrogen and oxygen atoms in total. The molecule has 0 saturated heterocycles. The van der Waals surface area contributed by atoms with Gasteiger partial charge < -0.3 is 15.0 Å². The molecule has 2 aromatic rings. The summed E-state index contributed by atoms with van der Waals surface area (Å²) in [4.78, 5) is 27.3. The summed E-state index contributed by atoms with van der Waals surface area (Å²) in [5.41, 5.74) is 2.06. The van der Waals surface area contributed by atoms with Gasteiger partial charge >= 0.3 is 0 Å². The molecule has 0 aliphatic rings. The Hall–Kier alpha value is -2.53. The second-order valence-electron chi connectivity index (χ2n) is 7.19. The average molecular weight is 417 g/mol. The lowest BCUT2D eigenvalue weighted by atomic mass is 10.1. The minimum Gasteiger partial charge on any atom is -0.484 e. The Morgan fingerprint density at radius 1 is 1.14 bits per heavy atom. The van der Waals surface area contributed by atoms with E-state index in [1.165, 1.54) is 0 Å². The first-order chi connectivity index (χ1) is 13.8. The smallest absolute Gasteiger partial charge is 0.261 e. The van der Waals surface area contributed by atoms with E-state index in [0.717, 1.165) is 17.5 Å². The molecule has 0 spiro atoms. The highest BCUT2D eigenvalue weighted by Gasteiger charge is 2.27. The normalized spacial score (nSPS) is 12.7. The van der Waals surface area contributed by atoms with Crippen LogP contribution in [0.15, 0.2) is 48.5 Å². The molecule has 0 fully saturated rings. The molecule has 0 aromatic heterocycles. The van der Waals surface area contributed by atoms with Gasteiger partial charge in [0.25, 0.3) is 5.91 Å². The standard InChI is InChI=1S/C23H29ClN2O3/c1-5-17(3)25-23(28)18(4)26(14-19-10-7-6-9-16(19)2)22(27)15-29-21-12-8-11-20(24)13-21/h6-13,17-18H,5,14-15H2,1-4H3,(H,25,28)/t17-,18-/m0/s1. The number of nitrogens with zero attached hydrogens (tertiary/aromatic N) is 1. The second kappa shape index (κ2) is 10.9. The highest BCUT2D eigenvalue weighted by atomic mass is 35.5. The van der Waals surface area contributed by atoms with Gasteiger partial charge in [0.05, 0.1) is 0 Å². The third-order valence-corrected chi connectivity index (χ3v) is 5.16. The van der Waals surface area contributed by atoms with Crippen LogP contribution in [0, 0.1) is 6.92 Å². The van der Waals surface area contributed by atoms with Gasteiger partial charge in [-0.1, -0.05) is 48.9 Å². The Bertz CT molecular complexity index is 840. The van der Waals surface area contributed by atoms with Crippen molar-refractivity contribution in [2.45, 2.75) is 52.7 Å². The third kappa shape index (κ3) is 6.79. The Morgan fingerprint density at radius 2 is 1.86 bits per heavy atom. The van der Waals surface area contributed by atoms with Gasteiger partial charge in [0.2, 0.25) is 5.91 Å². The number of ether oxygens (including phenoxy) is 1. The molecule has 2 amide bonds. The first kappa shape index (κ1) is 22.8. The summed E-state index contributed by atoms with van der Waals surface area (Å²) in [7, 11) is 0. The number of amides is 2. The summed E-state index contributed by atoms with van der Waals surface area (Å²) in [6, 6.07) is 14.1. The minimum absolute atomic E-state index is 0.0445. The first-order valence-electron chi connectivity index (χ1n) is 9.84. The predicted molar refractivity (Wildman–Crippen MR) is 116 cm³/mol. The molecule has 0 aliphatic carbocycles. The van der Waals surface area contributed by atoms with Crippen molar-refractivity contribution in [1.29, 1.82) is 0 Å². The number of benzene rings is 2. The van der Waals surface area contributed by atoms with Crippen LogP contribution in [-0.2, 0) is 16.1 Å². The van der Waals surface area contributed by atoms with Crippen molar-refractivity contribution in [1.82, 2.24) is 10.2 Å². The number of carbonyl (C=O) groups excluding carboxylic acids is 2. The summed E-state index contributed by atoms with van der Waals surface area (Å²) in [5, 5.41) is 3.49. The first-order valence-corrected chi connectivity index (χ1v) is 10.2. The van der Waals surface area contributed by atoms with E-state index >= 15 is 0 Å². The summed E-state index contributed by atoms with van der Waals surface area (Å²) in [6.07, 6.45) is 0.822. The summed E-state index contributed by atoms with van der Waals surface area (Å²) in [6.45, 7) is 7.84. The summed E-state index contributed by atoms with van der Waals surface area (Å²) >= 11 is 5.97. The van der Waals surface area contributed by atoms with Crippen LogP contribution in [0.25, 0.3) is 0 Å². The minimum atomic E-state index is -0.626. The maximum absolute atomic E-state index is 13.0. The van der Waals surface area contributed by atoms with Gasteiger partial charge in [0.15, 0.2) is 6.61 Å². The summed E-state index contributed by atoms with van der Waals surface area (Å²) in [5.74, 6) is 0.0717. The maximum Gasteiger partial charge on any atom is 0.261 e. The lowest BCUT2D eigenvalue weighted by Gasteiger charge is -2.30. The lowest BCUT2D eigenvalue weighted by Crippen LogP contribution is -2.50. The van der Waals surface area contributed by atoms with Crippen molar-refractivity contribution in [3.05, 3.63) is 64.7 Å². The molecule has 2 atom stereocenters. The van der Waals surface area contributed by atoms with E-state index in [2.05, 4.69) is 5.32 Å². The zero-order chi connectivity index (χ0) is 21.4. The number of hydrogen-bond donors (Lipinski definition) is 1. The Balaban J connectivity index is 2.17. The molecule has 0 radical (unpaired) electrons. The zero-order valence-electron chi connectivity index (χ0n) is 17.4. The quantitative estimate of drug-likeness (QED) is 0.660. The van der Waals surface area contributed by atoms with Crippen molar-refractivity contribution in [2.24, 2.45) is 0 Å². The Labute approximate surface area is 178 Å². The van der Waals surface area contributed by atoms with Crippen molar-refractivity contribution < 1.29 is 14.3 Å². The lowest BCUT2D eigenvalue weighted by molar-refractivity contribution is -0.142. The van der Waals surface area contributed by atoms with E-state index in [1.807, 2.05) is 45.0 Å². The maximum atomic E-state index is 13.0. The predicted octanol–water partition coefficient (Wildman–Crippen LogP) is 4.36. The van der Waals surface area contributed by atoms with E-state index in [9.17, 15) is 9.59 Å². The van der Waals surface area contributed by atoms with E-state index in [-0.39, 0.29) is 24.5 Å². The molecule has 1 N–H and O–H groups in total. The van der Waals surface area contributed by atoms with E-state index in [4.69, 9.17) is 16.3 Å². The monoisotopic (exact) mass is 416 g/mol. The van der Waals surface area contributed by atoms with Gasteiger partial charge in [-0.2, -0.15) is 0 Å². The van der Waals surface area contributed by atoms with Gasteiger partial charge in [-0.05, 0) is 56.5 Å². The van der Waals surface area contributed by atoms with E-state index in [0.29, 0.717) is 17.3 Å². The third-order valence-electron chi connectivity index (χ3n) is 4.93. The fourth-order valence-electron chi connectivity index (χ4n) is 2.80. The fourth-order valence-corrected chi connectivity index (χ4v) is 2.98. The molecule has 0 heterocycles. The fraction of sp³-hybridized carbons (Fsp3) is 0.391. The number of nitrogens with one attached hydrogen (secondary N) is 1. The molecule has 2 rings (SSSR count). The molecule has 6 heteroatoms. The van der Waals surface area contributed by atoms with Crippen LogP contribution in [0.3, 0.4) is 0 Å².